The molecule has 0 spiro atoms. The Morgan fingerprint density at radius 2 is 1.45 bits per heavy atom. The summed E-state index contributed by atoms with van der Waals surface area (Å²) >= 11 is 0. The summed E-state index contributed by atoms with van der Waals surface area (Å²) in [5.41, 5.74) is -1.81. The van der Waals surface area contributed by atoms with E-state index in [0.717, 1.165) is 10.1 Å². The van der Waals surface area contributed by atoms with Gasteiger partial charge in [-0.2, -0.15) is 8.96 Å². The van der Waals surface area contributed by atoms with Crippen molar-refractivity contribution < 1.29 is 37.7 Å². The molecular formula is C30H25FN2O9. The lowest BCUT2D eigenvalue weighted by molar-refractivity contribution is -0.0719. The molecule has 3 atom stereocenters. The molecule has 2 heterocycles. The van der Waals surface area contributed by atoms with Gasteiger partial charge in [-0.15, -0.1) is 0 Å². The summed E-state index contributed by atoms with van der Waals surface area (Å²) in [6.45, 7) is -0.159. The summed E-state index contributed by atoms with van der Waals surface area (Å²) < 4.78 is 43.0. The maximum Gasteiger partial charge on any atom is 0.513 e. The van der Waals surface area contributed by atoms with Crippen molar-refractivity contribution in [2.75, 3.05) is 6.61 Å². The van der Waals surface area contributed by atoms with E-state index in [2.05, 4.69) is 0 Å². The Labute approximate surface area is 238 Å². The van der Waals surface area contributed by atoms with Crippen LogP contribution in [0.1, 0.15) is 18.2 Å². The van der Waals surface area contributed by atoms with Crippen molar-refractivity contribution in [1.82, 2.24) is 9.13 Å². The molecule has 4 aromatic rings. The number of carbonyl (C=O) groups excluding carboxylic acids is 2. The summed E-state index contributed by atoms with van der Waals surface area (Å²) in [5.74, 6) is -1.05. The third-order valence-corrected chi connectivity index (χ3v) is 6.31. The normalized spacial score (nSPS) is 17.9. The fourth-order valence-electron chi connectivity index (χ4n) is 4.28. The third-order valence-electron chi connectivity index (χ3n) is 6.31. The van der Waals surface area contributed by atoms with E-state index in [9.17, 15) is 23.6 Å². The molecular weight excluding hydrogens is 551 g/mol. The lowest BCUT2D eigenvalue weighted by Gasteiger charge is -2.19. The van der Waals surface area contributed by atoms with Gasteiger partial charge in [0, 0.05) is 6.42 Å². The van der Waals surface area contributed by atoms with Crippen molar-refractivity contribution in [3.63, 3.8) is 0 Å². The number of aromatic nitrogens is 2. The van der Waals surface area contributed by atoms with Crippen LogP contribution in [-0.4, -0.2) is 40.2 Å². The fraction of sp³-hybridized carbons (Fsp3) is 0.200. The minimum atomic E-state index is -1.48. The van der Waals surface area contributed by atoms with Crippen molar-refractivity contribution in [1.29, 1.82) is 0 Å². The number of halogens is 1. The summed E-state index contributed by atoms with van der Waals surface area (Å²) in [6.07, 6.45) is -4.54. The maximum absolute atomic E-state index is 14.7. The number of hydrogen-bond donors (Lipinski definition) is 0. The average Bonchev–Trinajstić information content (AvgIpc) is 3.41. The Kier molecular flexibility index (Phi) is 8.85. The van der Waals surface area contributed by atoms with Gasteiger partial charge in [0.2, 0.25) is 5.82 Å². The summed E-state index contributed by atoms with van der Waals surface area (Å²) in [4.78, 5) is 50.7. The smallest absolute Gasteiger partial charge is 0.431 e. The van der Waals surface area contributed by atoms with Crippen LogP contribution in [0, 0.1) is 5.82 Å². The lowest BCUT2D eigenvalue weighted by Crippen LogP contribution is -2.47. The van der Waals surface area contributed by atoms with Gasteiger partial charge in [0.05, 0.1) is 18.9 Å². The van der Waals surface area contributed by atoms with Crippen LogP contribution in [0.3, 0.4) is 0 Å². The van der Waals surface area contributed by atoms with Gasteiger partial charge in [-0.25, -0.2) is 14.4 Å². The Morgan fingerprint density at radius 3 is 2.10 bits per heavy atom. The van der Waals surface area contributed by atoms with E-state index in [1.165, 1.54) is 12.1 Å². The molecule has 3 aromatic carbocycles. The lowest BCUT2D eigenvalue weighted by atomic mass is 10.1. The van der Waals surface area contributed by atoms with Gasteiger partial charge in [0.25, 0.3) is 0 Å². The number of hydrogen-bond acceptors (Lipinski definition) is 9. The molecule has 11 nitrogen and oxygen atoms in total. The van der Waals surface area contributed by atoms with Crippen molar-refractivity contribution in [3.8, 4) is 11.5 Å². The van der Waals surface area contributed by atoms with E-state index in [-0.39, 0.29) is 35.7 Å². The van der Waals surface area contributed by atoms with Crippen LogP contribution in [0.2, 0.25) is 0 Å². The first-order valence-corrected chi connectivity index (χ1v) is 12.9. The Morgan fingerprint density at radius 1 is 0.857 bits per heavy atom. The molecule has 0 aliphatic carbocycles. The van der Waals surface area contributed by atoms with Crippen molar-refractivity contribution in [2.45, 2.75) is 31.5 Å². The Bertz CT molecular complexity index is 1640. The highest BCUT2D eigenvalue weighted by atomic mass is 19.1. The highest BCUT2D eigenvalue weighted by Crippen LogP contribution is 2.31. The van der Waals surface area contributed by atoms with Crippen LogP contribution in [0.5, 0.6) is 11.5 Å². The molecule has 0 amide bonds. The standard InChI is InChI=1S/C30H25FN2O9/c31-23-17-32(28(35)33(27(23)34)29(36)40-21-12-6-2-7-13-21)26-16-24(38-18-20-10-4-1-5-11-20)25(42-26)19-39-30(37)41-22-14-8-3-9-15-22/h1-15,17,24-26H,16,18-19H2/t24?,25-,26-/m0/s1. The first-order chi connectivity index (χ1) is 20.4. The van der Waals surface area contributed by atoms with E-state index in [1.54, 1.807) is 48.5 Å². The van der Waals surface area contributed by atoms with E-state index in [0.29, 0.717) is 6.20 Å². The third kappa shape index (κ3) is 6.79. The van der Waals surface area contributed by atoms with E-state index in [4.69, 9.17) is 23.7 Å². The van der Waals surface area contributed by atoms with Crippen LogP contribution in [0.25, 0.3) is 0 Å². The molecule has 1 saturated heterocycles. The number of benzene rings is 3. The number of rotatable bonds is 8. The second kappa shape index (κ2) is 13.1. The van der Waals surface area contributed by atoms with Crippen LogP contribution >= 0.6 is 0 Å². The number of ether oxygens (including phenoxy) is 5. The summed E-state index contributed by atoms with van der Waals surface area (Å²) in [7, 11) is 0. The predicted octanol–water partition coefficient (Wildman–Crippen LogP) is 4.28. The van der Waals surface area contributed by atoms with Crippen LogP contribution in [0.4, 0.5) is 14.0 Å². The van der Waals surface area contributed by atoms with Gasteiger partial charge >= 0.3 is 23.5 Å². The zero-order chi connectivity index (χ0) is 29.5. The molecule has 42 heavy (non-hydrogen) atoms. The maximum atomic E-state index is 14.7. The number of carbonyl (C=O) groups is 2. The molecule has 1 aliphatic heterocycles. The van der Waals surface area contributed by atoms with Gasteiger partial charge in [-0.3, -0.25) is 9.36 Å². The monoisotopic (exact) mass is 576 g/mol. The topological polar surface area (TPSA) is 124 Å². The van der Waals surface area contributed by atoms with Gasteiger partial charge in [0.1, 0.15) is 30.4 Å². The molecule has 0 radical (unpaired) electrons. The van der Waals surface area contributed by atoms with E-state index < -0.39 is 47.8 Å². The van der Waals surface area contributed by atoms with Crippen LogP contribution < -0.4 is 20.7 Å². The minimum absolute atomic E-state index is 0.000123. The van der Waals surface area contributed by atoms with Gasteiger partial charge < -0.3 is 23.7 Å². The average molecular weight is 577 g/mol. The predicted molar refractivity (Wildman–Crippen MR) is 145 cm³/mol. The molecule has 0 saturated carbocycles. The molecule has 1 aromatic heterocycles. The van der Waals surface area contributed by atoms with E-state index >= 15 is 0 Å². The molecule has 1 fully saturated rings. The van der Waals surface area contributed by atoms with E-state index in [1.807, 2.05) is 30.3 Å². The number of nitrogens with zero attached hydrogens (tertiary/aromatic N) is 2. The second-order valence-electron chi connectivity index (χ2n) is 9.16. The van der Waals surface area contributed by atoms with Gasteiger partial charge in [-0.1, -0.05) is 66.7 Å². The molecule has 0 N–H and O–H groups in total. The summed E-state index contributed by atoms with van der Waals surface area (Å²) in [6, 6.07) is 25.2. The first kappa shape index (κ1) is 28.5. The highest BCUT2D eigenvalue weighted by Gasteiger charge is 2.39. The minimum Gasteiger partial charge on any atom is -0.431 e. The highest BCUT2D eigenvalue weighted by molar-refractivity contribution is 5.72. The van der Waals surface area contributed by atoms with Gasteiger partial charge in [0.15, 0.2) is 0 Å². The van der Waals surface area contributed by atoms with Gasteiger partial charge in [-0.05, 0) is 29.8 Å². The molecule has 216 valence electrons. The molecule has 0 bridgehead atoms. The van der Waals surface area contributed by atoms with Crippen molar-refractivity contribution >= 4 is 12.2 Å². The zero-order valence-corrected chi connectivity index (χ0v) is 22.0. The number of para-hydroxylation sites is 2. The first-order valence-electron chi connectivity index (χ1n) is 12.9. The van der Waals surface area contributed by atoms with Crippen LogP contribution in [0.15, 0.2) is 107 Å². The fourth-order valence-corrected chi connectivity index (χ4v) is 4.28. The molecule has 1 aliphatic rings. The summed E-state index contributed by atoms with van der Waals surface area (Å²) in [5, 5.41) is 0. The zero-order valence-electron chi connectivity index (χ0n) is 22.0. The second-order valence-corrected chi connectivity index (χ2v) is 9.16. The van der Waals surface area contributed by atoms with Crippen molar-refractivity contribution in [2.24, 2.45) is 0 Å². The Hall–Kier alpha value is -5.07. The van der Waals surface area contributed by atoms with Crippen LogP contribution in [-0.2, 0) is 20.8 Å². The molecule has 1 unspecified atom stereocenters. The van der Waals surface area contributed by atoms with Crippen molar-refractivity contribution in [3.05, 3.63) is 129 Å². The quantitative estimate of drug-likeness (QED) is 0.223. The molecule has 12 heteroatoms. The Balaban J connectivity index is 1.36. The largest absolute Gasteiger partial charge is 0.513 e. The molecule has 5 rings (SSSR count). The SMILES string of the molecule is O=C(OC[C@@H]1O[C@H](n2cc(F)c(=O)n(C(=O)Oc3ccccc3)c2=O)CC1OCc1ccccc1)Oc1ccccc1.